The highest BCUT2D eigenvalue weighted by Crippen LogP contribution is 2.07. The normalized spacial score (nSPS) is 20.2. The van der Waals surface area contributed by atoms with Crippen molar-refractivity contribution in [3.8, 4) is 0 Å². The first-order valence-corrected chi connectivity index (χ1v) is 4.71. The minimum Gasteiger partial charge on any atom is -0.468 e. The number of hydrogen-bond acceptors (Lipinski definition) is 4. The molecule has 1 rings (SSSR count). The SMILES string of the molecule is COC(=O)CNC1CCN(C)CC1. The van der Waals surface area contributed by atoms with E-state index in [9.17, 15) is 4.79 Å². The molecule has 0 amide bonds. The second-order valence-corrected chi connectivity index (χ2v) is 3.53. The van der Waals surface area contributed by atoms with Gasteiger partial charge in [0.25, 0.3) is 0 Å². The van der Waals surface area contributed by atoms with Crippen molar-refractivity contribution < 1.29 is 9.53 Å². The zero-order chi connectivity index (χ0) is 9.68. The van der Waals surface area contributed by atoms with Gasteiger partial charge in [0.1, 0.15) is 0 Å². The summed E-state index contributed by atoms with van der Waals surface area (Å²) in [5.74, 6) is -0.182. The first kappa shape index (κ1) is 10.5. The summed E-state index contributed by atoms with van der Waals surface area (Å²) >= 11 is 0. The van der Waals surface area contributed by atoms with Gasteiger partial charge < -0.3 is 15.0 Å². The molecule has 1 saturated heterocycles. The van der Waals surface area contributed by atoms with Gasteiger partial charge in [-0.25, -0.2) is 0 Å². The first-order chi connectivity index (χ1) is 6.22. The molecule has 0 atom stereocenters. The molecular formula is C9H18N2O2. The van der Waals surface area contributed by atoms with Crippen molar-refractivity contribution in [2.45, 2.75) is 18.9 Å². The maximum atomic E-state index is 10.8. The molecular weight excluding hydrogens is 168 g/mol. The molecule has 76 valence electrons. The van der Waals surface area contributed by atoms with Gasteiger partial charge in [-0.3, -0.25) is 4.79 Å². The molecule has 0 radical (unpaired) electrons. The van der Waals surface area contributed by atoms with Crippen LogP contribution in [0.15, 0.2) is 0 Å². The van der Waals surface area contributed by atoms with Crippen LogP contribution in [-0.2, 0) is 9.53 Å². The number of nitrogens with one attached hydrogen (secondary N) is 1. The van der Waals surface area contributed by atoms with Gasteiger partial charge in [-0.05, 0) is 33.0 Å². The second kappa shape index (κ2) is 5.19. The van der Waals surface area contributed by atoms with Crippen LogP contribution in [0, 0.1) is 0 Å². The Morgan fingerprint density at radius 3 is 2.69 bits per heavy atom. The van der Waals surface area contributed by atoms with Gasteiger partial charge in [0, 0.05) is 6.04 Å². The van der Waals surface area contributed by atoms with Gasteiger partial charge >= 0.3 is 5.97 Å². The maximum Gasteiger partial charge on any atom is 0.319 e. The molecule has 1 aliphatic rings. The number of carbonyl (C=O) groups excluding carboxylic acids is 1. The van der Waals surface area contributed by atoms with E-state index in [4.69, 9.17) is 0 Å². The van der Waals surface area contributed by atoms with E-state index >= 15 is 0 Å². The molecule has 4 nitrogen and oxygen atoms in total. The third-order valence-corrected chi connectivity index (χ3v) is 2.48. The van der Waals surface area contributed by atoms with Gasteiger partial charge in [0.2, 0.25) is 0 Å². The van der Waals surface area contributed by atoms with Crippen LogP contribution in [0.4, 0.5) is 0 Å². The van der Waals surface area contributed by atoms with E-state index in [-0.39, 0.29) is 5.97 Å². The summed E-state index contributed by atoms with van der Waals surface area (Å²) in [6.07, 6.45) is 2.24. The second-order valence-electron chi connectivity index (χ2n) is 3.53. The van der Waals surface area contributed by atoms with E-state index < -0.39 is 0 Å². The Labute approximate surface area is 79.2 Å². The van der Waals surface area contributed by atoms with Gasteiger partial charge in [0.05, 0.1) is 13.7 Å². The van der Waals surface area contributed by atoms with E-state index in [1.807, 2.05) is 0 Å². The number of hydrogen-bond donors (Lipinski definition) is 1. The summed E-state index contributed by atoms with van der Waals surface area (Å²) in [5.41, 5.74) is 0. The van der Waals surface area contributed by atoms with E-state index in [1.165, 1.54) is 7.11 Å². The van der Waals surface area contributed by atoms with E-state index in [2.05, 4.69) is 22.0 Å². The van der Waals surface area contributed by atoms with Crippen LogP contribution < -0.4 is 5.32 Å². The molecule has 1 N–H and O–H groups in total. The minimum atomic E-state index is -0.182. The molecule has 4 heteroatoms. The lowest BCUT2D eigenvalue weighted by molar-refractivity contribution is -0.139. The van der Waals surface area contributed by atoms with Gasteiger partial charge in [-0.1, -0.05) is 0 Å². The molecule has 0 saturated carbocycles. The van der Waals surface area contributed by atoms with Crippen LogP contribution in [0.2, 0.25) is 0 Å². The molecule has 0 aromatic rings. The van der Waals surface area contributed by atoms with Crippen molar-refractivity contribution in [2.24, 2.45) is 0 Å². The summed E-state index contributed by atoms with van der Waals surface area (Å²) in [6, 6.07) is 0.482. The van der Waals surface area contributed by atoms with Gasteiger partial charge in [-0.15, -0.1) is 0 Å². The molecule has 0 aromatic carbocycles. The maximum absolute atomic E-state index is 10.8. The van der Waals surface area contributed by atoms with Crippen molar-refractivity contribution in [1.29, 1.82) is 0 Å². The molecule has 1 aliphatic heterocycles. The Bertz CT molecular complexity index is 165. The molecule has 0 spiro atoms. The summed E-state index contributed by atoms with van der Waals surface area (Å²) in [5, 5.41) is 3.19. The smallest absolute Gasteiger partial charge is 0.319 e. The molecule has 0 aromatic heterocycles. The number of ether oxygens (including phenoxy) is 1. The van der Waals surface area contributed by atoms with Crippen LogP contribution in [0.3, 0.4) is 0 Å². The van der Waals surface area contributed by atoms with Crippen molar-refractivity contribution in [2.75, 3.05) is 33.8 Å². The van der Waals surface area contributed by atoms with Crippen molar-refractivity contribution >= 4 is 5.97 Å². The van der Waals surface area contributed by atoms with Crippen LogP contribution >= 0.6 is 0 Å². The average Bonchev–Trinajstić information content (AvgIpc) is 2.16. The Morgan fingerprint density at radius 1 is 1.54 bits per heavy atom. The Balaban J connectivity index is 2.12. The molecule has 0 unspecified atom stereocenters. The third-order valence-electron chi connectivity index (χ3n) is 2.48. The van der Waals surface area contributed by atoms with Gasteiger partial charge in [-0.2, -0.15) is 0 Å². The van der Waals surface area contributed by atoms with E-state index in [0.717, 1.165) is 25.9 Å². The van der Waals surface area contributed by atoms with Gasteiger partial charge in [0.15, 0.2) is 0 Å². The predicted molar refractivity (Wildman–Crippen MR) is 50.5 cm³/mol. The fourth-order valence-electron chi connectivity index (χ4n) is 1.51. The molecule has 13 heavy (non-hydrogen) atoms. The fourth-order valence-corrected chi connectivity index (χ4v) is 1.51. The lowest BCUT2D eigenvalue weighted by Crippen LogP contribution is -2.42. The van der Waals surface area contributed by atoms with Crippen LogP contribution in [-0.4, -0.2) is 50.7 Å². The largest absolute Gasteiger partial charge is 0.468 e. The van der Waals surface area contributed by atoms with Crippen LogP contribution in [0.25, 0.3) is 0 Å². The number of piperidine rings is 1. The van der Waals surface area contributed by atoms with E-state index in [1.54, 1.807) is 0 Å². The van der Waals surface area contributed by atoms with Crippen molar-refractivity contribution in [3.63, 3.8) is 0 Å². The van der Waals surface area contributed by atoms with Crippen LogP contribution in [0.1, 0.15) is 12.8 Å². The Morgan fingerprint density at radius 2 is 2.15 bits per heavy atom. The Hall–Kier alpha value is -0.610. The summed E-state index contributed by atoms with van der Waals surface area (Å²) < 4.78 is 4.55. The first-order valence-electron chi connectivity index (χ1n) is 4.71. The van der Waals surface area contributed by atoms with Crippen molar-refractivity contribution in [3.05, 3.63) is 0 Å². The van der Waals surface area contributed by atoms with E-state index in [0.29, 0.717) is 12.6 Å². The number of rotatable bonds is 3. The standard InChI is InChI=1S/C9H18N2O2/c1-11-5-3-8(4-6-11)10-7-9(12)13-2/h8,10H,3-7H2,1-2H3. The fraction of sp³-hybridized carbons (Fsp3) is 0.889. The monoisotopic (exact) mass is 186 g/mol. The molecule has 0 bridgehead atoms. The lowest BCUT2D eigenvalue weighted by atomic mass is 10.1. The topological polar surface area (TPSA) is 41.6 Å². The lowest BCUT2D eigenvalue weighted by Gasteiger charge is -2.29. The quantitative estimate of drug-likeness (QED) is 0.622. The predicted octanol–water partition coefficient (Wildman–Crippen LogP) is -0.157. The summed E-state index contributed by atoms with van der Waals surface area (Å²) in [4.78, 5) is 13.1. The minimum absolute atomic E-state index is 0.182. The highest BCUT2D eigenvalue weighted by atomic mass is 16.5. The third kappa shape index (κ3) is 3.74. The summed E-state index contributed by atoms with van der Waals surface area (Å²) in [7, 11) is 3.54. The highest BCUT2D eigenvalue weighted by molar-refractivity contribution is 5.71. The molecule has 1 fully saturated rings. The Kier molecular flexibility index (Phi) is 4.18. The summed E-state index contributed by atoms with van der Waals surface area (Å²) in [6.45, 7) is 2.56. The number of nitrogens with zero attached hydrogens (tertiary/aromatic N) is 1. The van der Waals surface area contributed by atoms with Crippen molar-refractivity contribution in [1.82, 2.24) is 10.2 Å². The molecule has 1 heterocycles. The number of likely N-dealkylation sites (tertiary alicyclic amines) is 1. The molecule has 0 aliphatic carbocycles. The number of carbonyl (C=O) groups is 1. The number of esters is 1. The zero-order valence-corrected chi connectivity index (χ0v) is 8.38. The average molecular weight is 186 g/mol. The zero-order valence-electron chi connectivity index (χ0n) is 8.38. The number of methoxy groups -OCH3 is 1. The van der Waals surface area contributed by atoms with Crippen LogP contribution in [0.5, 0.6) is 0 Å². The highest BCUT2D eigenvalue weighted by Gasteiger charge is 2.16.